The van der Waals surface area contributed by atoms with Gasteiger partial charge in [0.2, 0.25) is 0 Å². The lowest BCUT2D eigenvalue weighted by molar-refractivity contribution is -0.889. The van der Waals surface area contributed by atoms with Crippen LogP contribution in [0.15, 0.2) is 0 Å². The Labute approximate surface area is 89.8 Å². The molecule has 0 aromatic heterocycles. The van der Waals surface area contributed by atoms with Crippen LogP contribution in [0.3, 0.4) is 0 Å². The maximum absolute atomic E-state index is 10.8. The molecule has 0 aliphatic carbocycles. The number of carbonyl (C=O) groups excluding carboxylic acids is 1. The number of likely N-dealkylation sites (N-methyl/N-ethyl adjacent to an activating group) is 1. The van der Waals surface area contributed by atoms with Crippen LogP contribution in [-0.4, -0.2) is 56.4 Å². The largest absolute Gasteiger partial charge is 0.544 e. The molecule has 0 aliphatic heterocycles. The molecule has 0 amide bonds. The Hall–Kier alpha value is -0.660. The summed E-state index contributed by atoms with van der Waals surface area (Å²) in [5, 5.41) is 10.8. The van der Waals surface area contributed by atoms with Crippen LogP contribution in [0.25, 0.3) is 0 Å². The Bertz CT molecular complexity index is 316. The van der Waals surface area contributed by atoms with Gasteiger partial charge in [-0.25, -0.2) is 0 Å². The second-order valence-corrected chi connectivity index (χ2v) is 5.95. The van der Waals surface area contributed by atoms with Crippen LogP contribution >= 0.6 is 0 Å². The monoisotopic (exact) mass is 239 g/mol. The van der Waals surface area contributed by atoms with Gasteiger partial charge >= 0.3 is 0 Å². The van der Waals surface area contributed by atoms with E-state index in [1.54, 1.807) is 21.1 Å². The molecule has 0 fully saturated rings. The molecular formula is C8H17NO5S. The van der Waals surface area contributed by atoms with Crippen molar-refractivity contribution in [1.29, 1.82) is 0 Å². The molecule has 1 N–H and O–H groups in total. The normalized spacial score (nSPS) is 14.9. The van der Waals surface area contributed by atoms with Gasteiger partial charge in [0.1, 0.15) is 6.04 Å². The number of rotatable bonds is 6. The highest BCUT2D eigenvalue weighted by Gasteiger charge is 2.25. The highest BCUT2D eigenvalue weighted by atomic mass is 32.2. The van der Waals surface area contributed by atoms with Crippen molar-refractivity contribution in [3.63, 3.8) is 0 Å². The van der Waals surface area contributed by atoms with E-state index in [1.165, 1.54) is 0 Å². The van der Waals surface area contributed by atoms with E-state index in [1.807, 2.05) is 0 Å². The lowest BCUT2D eigenvalue weighted by Crippen LogP contribution is -2.54. The van der Waals surface area contributed by atoms with Crippen LogP contribution in [0.1, 0.15) is 12.8 Å². The average Bonchev–Trinajstić information content (AvgIpc) is 1.92. The molecule has 6 nitrogen and oxygen atoms in total. The van der Waals surface area contributed by atoms with Crippen LogP contribution < -0.4 is 5.11 Å². The Morgan fingerprint density at radius 1 is 1.40 bits per heavy atom. The van der Waals surface area contributed by atoms with E-state index in [4.69, 9.17) is 4.55 Å². The number of carboxylic acids is 1. The molecule has 0 bridgehead atoms. The van der Waals surface area contributed by atoms with E-state index in [2.05, 4.69) is 0 Å². The minimum Gasteiger partial charge on any atom is -0.544 e. The van der Waals surface area contributed by atoms with Crippen molar-refractivity contribution in [1.82, 2.24) is 0 Å². The third-order valence-corrected chi connectivity index (χ3v) is 2.89. The minimum atomic E-state index is -4.01. The maximum atomic E-state index is 10.8. The second kappa shape index (κ2) is 4.91. The van der Waals surface area contributed by atoms with E-state index >= 15 is 0 Å². The number of quaternary nitrogens is 1. The maximum Gasteiger partial charge on any atom is 0.264 e. The molecule has 7 heteroatoms. The van der Waals surface area contributed by atoms with Crippen molar-refractivity contribution >= 4 is 16.1 Å². The third-order valence-electron chi connectivity index (χ3n) is 2.09. The van der Waals surface area contributed by atoms with Crippen LogP contribution in [-0.2, 0) is 14.9 Å². The highest BCUT2D eigenvalue weighted by Crippen LogP contribution is 2.10. The smallest absolute Gasteiger partial charge is 0.264 e. The fraction of sp³-hybridized carbons (Fsp3) is 0.875. The summed E-state index contributed by atoms with van der Waals surface area (Å²) in [4.78, 5) is 10.8. The van der Waals surface area contributed by atoms with Gasteiger partial charge in [-0.15, -0.1) is 0 Å². The molecule has 0 aliphatic rings. The quantitative estimate of drug-likeness (QED) is 0.448. The van der Waals surface area contributed by atoms with Gasteiger partial charge in [0.25, 0.3) is 10.1 Å². The summed E-state index contributed by atoms with van der Waals surface area (Å²) in [7, 11) is 1.05. The molecule has 1 unspecified atom stereocenters. The van der Waals surface area contributed by atoms with E-state index < -0.39 is 27.9 Å². The molecule has 0 radical (unpaired) electrons. The van der Waals surface area contributed by atoms with E-state index in [0.717, 1.165) is 0 Å². The Morgan fingerprint density at radius 3 is 2.13 bits per heavy atom. The molecule has 0 spiro atoms. The highest BCUT2D eigenvalue weighted by molar-refractivity contribution is 7.85. The fourth-order valence-electron chi connectivity index (χ4n) is 1.28. The molecule has 90 valence electrons. The molecule has 0 aromatic rings. The third kappa shape index (κ3) is 6.43. The summed E-state index contributed by atoms with van der Waals surface area (Å²) in [6.45, 7) is 0. The Morgan fingerprint density at radius 2 is 1.87 bits per heavy atom. The fourth-order valence-corrected chi connectivity index (χ4v) is 1.81. The molecule has 15 heavy (non-hydrogen) atoms. The number of nitrogens with zero attached hydrogens (tertiary/aromatic N) is 1. The molecule has 0 rings (SSSR count). The van der Waals surface area contributed by atoms with Crippen molar-refractivity contribution in [2.24, 2.45) is 0 Å². The minimum absolute atomic E-state index is 0.104. The SMILES string of the molecule is C[N+](C)(C)C(CCCS(=O)(=O)O)C(=O)[O-]. The Kier molecular flexibility index (Phi) is 4.69. The number of aliphatic carboxylic acids is 1. The number of hydrogen-bond donors (Lipinski definition) is 1. The van der Waals surface area contributed by atoms with Crippen molar-refractivity contribution in [3.05, 3.63) is 0 Å². The summed E-state index contributed by atoms with van der Waals surface area (Å²) in [5.41, 5.74) is 0. The van der Waals surface area contributed by atoms with Crippen LogP contribution in [0, 0.1) is 0 Å². The predicted octanol–water partition coefficient (Wildman–Crippen LogP) is -1.52. The predicted molar refractivity (Wildman–Crippen MR) is 52.5 cm³/mol. The van der Waals surface area contributed by atoms with Crippen molar-refractivity contribution in [2.45, 2.75) is 18.9 Å². The van der Waals surface area contributed by atoms with E-state index in [0.29, 0.717) is 0 Å². The zero-order valence-electron chi connectivity index (χ0n) is 9.13. The van der Waals surface area contributed by atoms with Gasteiger partial charge in [-0.2, -0.15) is 8.42 Å². The van der Waals surface area contributed by atoms with Crippen molar-refractivity contribution in [2.75, 3.05) is 26.9 Å². The van der Waals surface area contributed by atoms with Gasteiger partial charge in [0.05, 0.1) is 32.9 Å². The first-order valence-electron chi connectivity index (χ1n) is 4.51. The lowest BCUT2D eigenvalue weighted by atomic mass is 10.1. The topological polar surface area (TPSA) is 94.5 Å². The number of hydrogen-bond acceptors (Lipinski definition) is 4. The molecule has 0 saturated heterocycles. The molecule has 0 saturated carbocycles. The first kappa shape index (κ1) is 14.3. The second-order valence-electron chi connectivity index (χ2n) is 4.38. The number of carbonyl (C=O) groups is 1. The van der Waals surface area contributed by atoms with Gasteiger partial charge in [0.15, 0.2) is 0 Å². The van der Waals surface area contributed by atoms with Gasteiger partial charge in [0, 0.05) is 6.42 Å². The first-order valence-corrected chi connectivity index (χ1v) is 6.12. The van der Waals surface area contributed by atoms with Crippen LogP contribution in [0.5, 0.6) is 0 Å². The molecule has 0 heterocycles. The Balaban J connectivity index is 4.29. The van der Waals surface area contributed by atoms with Crippen LogP contribution in [0.2, 0.25) is 0 Å². The van der Waals surface area contributed by atoms with Gasteiger partial charge in [-0.3, -0.25) is 4.55 Å². The molecule has 0 aromatic carbocycles. The average molecular weight is 239 g/mol. The zero-order valence-corrected chi connectivity index (χ0v) is 9.95. The van der Waals surface area contributed by atoms with Crippen molar-refractivity contribution in [3.8, 4) is 0 Å². The van der Waals surface area contributed by atoms with Gasteiger partial charge in [-0.05, 0) is 6.42 Å². The molecular weight excluding hydrogens is 222 g/mol. The van der Waals surface area contributed by atoms with Crippen LogP contribution in [0.4, 0.5) is 0 Å². The summed E-state index contributed by atoms with van der Waals surface area (Å²) in [6.07, 6.45) is 0.263. The summed E-state index contributed by atoms with van der Waals surface area (Å²) in [5.74, 6) is -1.63. The summed E-state index contributed by atoms with van der Waals surface area (Å²) < 4.78 is 29.5. The van der Waals surface area contributed by atoms with Crippen molar-refractivity contribution < 1.29 is 27.4 Å². The summed E-state index contributed by atoms with van der Waals surface area (Å²) in [6, 6.07) is -0.772. The van der Waals surface area contributed by atoms with E-state index in [-0.39, 0.29) is 17.3 Å². The van der Waals surface area contributed by atoms with E-state index in [9.17, 15) is 18.3 Å². The first-order chi connectivity index (χ1) is 6.54. The number of carboxylic acid groups (broad SMARTS) is 1. The van der Waals surface area contributed by atoms with Gasteiger partial charge in [-0.1, -0.05) is 0 Å². The molecule has 1 atom stereocenters. The lowest BCUT2D eigenvalue weighted by Gasteiger charge is -2.34. The standard InChI is InChI=1S/C8H17NO5S/c1-9(2,3)7(8(10)11)5-4-6-15(12,13)14/h7H,4-6H2,1-3H3,(H-,10,11,12,13,14). The summed E-state index contributed by atoms with van der Waals surface area (Å²) >= 11 is 0. The van der Waals surface area contributed by atoms with Gasteiger partial charge < -0.3 is 14.4 Å². The zero-order chi connectivity index (χ0) is 12.3.